The second-order valence-corrected chi connectivity index (χ2v) is 37.1. The number of amides is 1. The number of para-hydroxylation sites is 3. The number of nitrogens with one attached hydrogen (secondary N) is 7. The van der Waals surface area contributed by atoms with Crippen LogP contribution in [0.3, 0.4) is 0 Å². The molecule has 27 nitrogen and oxygen atoms in total. The van der Waals surface area contributed by atoms with E-state index in [1.54, 1.807) is 83.5 Å². The van der Waals surface area contributed by atoms with Crippen LogP contribution in [0.25, 0.3) is 0 Å². The van der Waals surface area contributed by atoms with E-state index >= 15 is 0 Å². The van der Waals surface area contributed by atoms with E-state index in [0.717, 1.165) is 26.1 Å². The van der Waals surface area contributed by atoms with E-state index in [2.05, 4.69) is 114 Å². The van der Waals surface area contributed by atoms with Crippen molar-refractivity contribution in [1.29, 1.82) is 0 Å². The van der Waals surface area contributed by atoms with Crippen LogP contribution in [0.2, 0.25) is 15.1 Å². The molecule has 0 spiro atoms. The molecule has 9 N–H and O–H groups in total. The van der Waals surface area contributed by atoms with Crippen molar-refractivity contribution in [2.75, 3.05) is 166 Å². The minimum Gasteiger partial charge on any atom is -0.495 e. The highest BCUT2D eigenvalue weighted by Crippen LogP contribution is 2.43. The molecule has 0 atom stereocenters. The van der Waals surface area contributed by atoms with Gasteiger partial charge in [0.1, 0.15) is 59.3 Å². The van der Waals surface area contributed by atoms with Gasteiger partial charge in [0.05, 0.1) is 95.8 Å². The van der Waals surface area contributed by atoms with Gasteiger partial charge in [-0.1, -0.05) is 113 Å². The summed E-state index contributed by atoms with van der Waals surface area (Å²) in [6.45, 7) is 16.1. The average Bonchev–Trinajstić information content (AvgIpc) is 0.823. The normalized spacial score (nSPS) is 11.0. The summed E-state index contributed by atoms with van der Waals surface area (Å²) in [4.78, 5) is 55.7. The number of nitrogens with zero attached hydrogens (tertiary/aromatic N) is 10. The van der Waals surface area contributed by atoms with Gasteiger partial charge >= 0.3 is 0 Å². The third-order valence-electron chi connectivity index (χ3n) is 15.6. The molecule has 9 aromatic rings. The number of carbonyl (C=O) groups is 1. The van der Waals surface area contributed by atoms with Gasteiger partial charge in [-0.3, -0.25) is 14.9 Å². The number of hydrogen-bond donors (Lipinski definition) is 8. The Morgan fingerprint density at radius 1 is 0.495 bits per heavy atom. The zero-order chi connectivity index (χ0) is 81.3. The monoisotopic (exact) mass is 1620 g/mol. The summed E-state index contributed by atoms with van der Waals surface area (Å²) in [5, 5.41) is 36.2. The van der Waals surface area contributed by atoms with Crippen LogP contribution in [0, 0.1) is 45.6 Å². The van der Waals surface area contributed by atoms with E-state index in [1.807, 2.05) is 113 Å². The molecule has 0 aliphatic rings. The van der Waals surface area contributed by atoms with Crippen LogP contribution in [0.4, 0.5) is 86.5 Å². The molecule has 6 aromatic carbocycles. The molecule has 582 valence electrons. The van der Waals surface area contributed by atoms with Crippen molar-refractivity contribution in [2.45, 2.75) is 19.3 Å². The van der Waals surface area contributed by atoms with Gasteiger partial charge in [-0.2, -0.15) is 15.0 Å². The Bertz CT molecular complexity index is 5220. The molecule has 0 unspecified atom stereocenters. The van der Waals surface area contributed by atoms with Crippen LogP contribution in [0.5, 0.6) is 17.2 Å². The smallest absolute Gasteiger partial charge is 0.287 e. The van der Waals surface area contributed by atoms with Crippen molar-refractivity contribution in [3.63, 3.8) is 0 Å². The molecule has 1 amide bonds. The van der Waals surface area contributed by atoms with Crippen LogP contribution in [0.1, 0.15) is 36.0 Å². The van der Waals surface area contributed by atoms with E-state index in [4.69, 9.17) is 54.7 Å². The predicted octanol–water partition coefficient (Wildman–Crippen LogP) is 15.1. The fraction of sp³-hybridized carbons (Fsp3) is 0.269. The first-order valence-corrected chi connectivity index (χ1v) is 43.1. The van der Waals surface area contributed by atoms with Gasteiger partial charge in [0, 0.05) is 84.8 Å². The van der Waals surface area contributed by atoms with Crippen molar-refractivity contribution >= 4 is 165 Å². The molecular weight excluding hydrogens is 1530 g/mol. The number of aromatic nitrogens is 6. The maximum absolute atomic E-state index is 12.8. The highest BCUT2D eigenvalue weighted by molar-refractivity contribution is 7.71. The lowest BCUT2D eigenvalue weighted by molar-refractivity contribution is -0.385. The summed E-state index contributed by atoms with van der Waals surface area (Å²) in [7, 11) is 8.72. The summed E-state index contributed by atoms with van der Waals surface area (Å²) in [6.07, 6.45) is 7.48. The summed E-state index contributed by atoms with van der Waals surface area (Å²) in [5.41, 5.74) is 11.9. The number of rotatable bonds is 27. The van der Waals surface area contributed by atoms with E-state index in [9.17, 15) is 28.6 Å². The number of ether oxygens (including phenoxy) is 3. The van der Waals surface area contributed by atoms with Gasteiger partial charge in [-0.25, -0.2) is 15.0 Å². The summed E-state index contributed by atoms with van der Waals surface area (Å²) in [6, 6.07) is 31.6. The van der Waals surface area contributed by atoms with Crippen LogP contribution in [-0.2, 0) is 18.5 Å². The summed E-state index contributed by atoms with van der Waals surface area (Å²) < 4.78 is 54.8. The molecule has 0 saturated carbocycles. The molecule has 111 heavy (non-hydrogen) atoms. The second kappa shape index (κ2) is 40.8. The van der Waals surface area contributed by atoms with Crippen LogP contribution >= 0.6 is 56.2 Å². The Labute approximate surface area is 663 Å². The Hall–Kier alpha value is -10.7. The van der Waals surface area contributed by atoms with Crippen molar-refractivity contribution in [2.24, 2.45) is 0 Å². The van der Waals surface area contributed by atoms with Crippen molar-refractivity contribution < 1.29 is 37.6 Å². The number of nitro groups is 1. The standard InChI is InChI=1S/C28H32ClN6O3P.C25H28ClN6O4P.C25H30ClN6O2P/c1-7-26(36)31-22-17-23(24(38-4)16-19(22)12-10-11-15-35(2)3)33-28-30-18-20(29)27(34-28)32-21-13-8-9-14-25(21)39(5,6)37;1-31(2)13-9-8-10-17-14-22(36-3)20(15-21(17)32(33)34)29-25-27-16-18(26)24(30-25)28-19-11-6-7-12-23(19)37(4,5)35;1-32(2)13-9-8-10-17-14-22(34-3)21(15-19(17)27)30-25-28-16-18(26)24(31-25)29-20-11-6-7-12-23(20)35(4,5)33/h7-9,13-14,16-18H,1,11,15H2,2-6H3,(H,31,36)(H2,30,32,33,34);6-7,11-12,14-16H,9,13H2,1-5H3,(H2,27,28,29,30);6-7,11-12,14-16H,9,13,27H2,1-5H3,(H2,28,29,30,31). The minimum absolute atomic E-state index is 0.123. The SMILES string of the molecule is C=CC(=O)Nc1cc(Nc2ncc(Cl)c(Nc3ccccc3P(C)(C)=O)n2)c(OC)cc1C#CCCN(C)C.COc1cc(C#CCCN(C)C)c(N)cc1Nc1ncc(Cl)c(Nc2ccccc2P(C)(C)=O)n1.COc1cc(C#CCCN(C)C)c([N+](=O)[O-])cc1Nc1ncc(Cl)c(Nc2ccccc2P(C)(C)=O)n1. The van der Waals surface area contributed by atoms with Gasteiger partial charge in [0.15, 0.2) is 17.5 Å². The number of hydrogen-bond acceptors (Lipinski definition) is 25. The maximum Gasteiger partial charge on any atom is 0.287 e. The lowest BCUT2D eigenvalue weighted by Crippen LogP contribution is -2.12. The lowest BCUT2D eigenvalue weighted by Gasteiger charge is -2.17. The highest BCUT2D eigenvalue weighted by Gasteiger charge is 2.24. The highest BCUT2D eigenvalue weighted by atomic mass is 35.5. The zero-order valence-electron chi connectivity index (χ0n) is 64.4. The second-order valence-electron chi connectivity index (χ2n) is 26.3. The van der Waals surface area contributed by atoms with Crippen LogP contribution in [-0.4, -0.2) is 179 Å². The van der Waals surface area contributed by atoms with Crippen molar-refractivity contribution in [3.05, 3.63) is 182 Å². The van der Waals surface area contributed by atoms with E-state index in [-0.39, 0.29) is 56.6 Å². The Morgan fingerprint density at radius 2 is 0.820 bits per heavy atom. The fourth-order valence-electron chi connectivity index (χ4n) is 10.0. The fourth-order valence-corrected chi connectivity index (χ4v) is 13.9. The molecule has 0 saturated heterocycles. The first-order chi connectivity index (χ1) is 52.6. The number of benzene rings is 6. The maximum atomic E-state index is 12.8. The molecule has 0 aliphatic heterocycles. The number of anilines is 14. The number of nitro benzene ring substituents is 1. The largest absolute Gasteiger partial charge is 0.495 e. The summed E-state index contributed by atoms with van der Waals surface area (Å²) >= 11 is 19.1. The van der Waals surface area contributed by atoms with Crippen LogP contribution in [0.15, 0.2) is 140 Å². The van der Waals surface area contributed by atoms with Gasteiger partial charge < -0.3 is 85.6 Å². The Morgan fingerprint density at radius 3 is 1.16 bits per heavy atom. The molecule has 33 heteroatoms. The molecule has 0 aliphatic carbocycles. The first-order valence-electron chi connectivity index (χ1n) is 34.1. The number of carbonyl (C=O) groups excluding carboxylic acids is 1. The molecule has 3 heterocycles. The molecular formula is C78H90Cl3N18O9P3. The van der Waals surface area contributed by atoms with Gasteiger partial charge in [-0.15, -0.1) is 0 Å². The number of nitrogens with two attached hydrogens (primary N) is 1. The van der Waals surface area contributed by atoms with E-state index < -0.39 is 26.3 Å². The molecule has 3 aromatic heterocycles. The molecule has 0 fully saturated rings. The van der Waals surface area contributed by atoms with Crippen molar-refractivity contribution in [3.8, 4) is 52.8 Å². The van der Waals surface area contributed by atoms with Crippen molar-refractivity contribution in [1.82, 2.24) is 44.6 Å². The Kier molecular flexibility index (Phi) is 32.2. The molecule has 0 bridgehead atoms. The van der Waals surface area contributed by atoms with Gasteiger partial charge in [0.2, 0.25) is 23.8 Å². The number of nitrogen functional groups attached to an aromatic ring is 1. The molecule has 0 radical (unpaired) electrons. The minimum atomic E-state index is -2.58. The first kappa shape index (κ1) is 87.5. The average molecular weight is 1620 g/mol. The molecule has 9 rings (SSSR count). The topological polar surface area (TPSA) is 336 Å². The third kappa shape index (κ3) is 26.5. The number of methoxy groups -OCH3 is 3. The Balaban J connectivity index is 0.000000232. The lowest BCUT2D eigenvalue weighted by atomic mass is 10.1. The quantitative estimate of drug-likeness (QED) is 0.00592. The number of halogens is 3. The summed E-state index contributed by atoms with van der Waals surface area (Å²) in [5.74, 6) is 20.9. The van der Waals surface area contributed by atoms with Gasteiger partial charge in [0.25, 0.3) is 5.69 Å². The third-order valence-corrected chi connectivity index (χ3v) is 21.1. The van der Waals surface area contributed by atoms with E-state index in [0.29, 0.717) is 114 Å². The predicted molar refractivity (Wildman–Crippen MR) is 456 cm³/mol. The van der Waals surface area contributed by atoms with Gasteiger partial charge in [-0.05, 0) is 137 Å². The van der Waals surface area contributed by atoms with E-state index in [1.165, 1.54) is 51.0 Å². The van der Waals surface area contributed by atoms with Crippen LogP contribution < -0.4 is 73.1 Å². The zero-order valence-corrected chi connectivity index (χ0v) is 69.3.